The molecule has 0 unspecified atom stereocenters. The molecule has 0 N–H and O–H groups in total. The zero-order chi connectivity index (χ0) is 9.14. The fourth-order valence-electron chi connectivity index (χ4n) is 0.944. The molecule has 0 amide bonds. The third kappa shape index (κ3) is 1.72. The van der Waals surface area contributed by atoms with Crippen molar-refractivity contribution in [1.29, 1.82) is 0 Å². The van der Waals surface area contributed by atoms with E-state index in [1.165, 1.54) is 4.88 Å². The molecule has 0 radical (unpaired) electrons. The molecule has 0 fully saturated rings. The number of rotatable bonds is 3. The molecule has 0 atom stereocenters. The van der Waals surface area contributed by atoms with Gasteiger partial charge in [0.1, 0.15) is 0 Å². The third-order valence-electron chi connectivity index (χ3n) is 1.66. The minimum atomic E-state index is 0.535. The lowest BCUT2D eigenvalue weighted by atomic mass is 10.2. The van der Waals surface area contributed by atoms with Crippen LogP contribution in [0.15, 0.2) is 6.07 Å². The van der Waals surface area contributed by atoms with Gasteiger partial charge in [0.2, 0.25) is 5.06 Å². The van der Waals surface area contributed by atoms with Gasteiger partial charge in [0.05, 0.1) is 14.2 Å². The Kier molecular flexibility index (Phi) is 2.98. The fraction of sp³-hybridized carbons (Fsp3) is 0.556. The van der Waals surface area contributed by atoms with E-state index >= 15 is 0 Å². The Hall–Kier alpha value is -0.700. The normalized spacial score (nSPS) is 10.4. The molecule has 1 aromatic rings. The van der Waals surface area contributed by atoms with Crippen LogP contribution in [-0.2, 0) is 0 Å². The predicted octanol–water partition coefficient (Wildman–Crippen LogP) is 2.89. The van der Waals surface area contributed by atoms with Gasteiger partial charge < -0.3 is 9.47 Å². The maximum Gasteiger partial charge on any atom is 0.216 e. The van der Waals surface area contributed by atoms with Gasteiger partial charge in [0.15, 0.2) is 5.75 Å². The molecule has 0 spiro atoms. The summed E-state index contributed by atoms with van der Waals surface area (Å²) in [7, 11) is 3.33. The summed E-state index contributed by atoms with van der Waals surface area (Å²) in [5.74, 6) is 1.37. The Morgan fingerprint density at radius 2 is 1.92 bits per heavy atom. The van der Waals surface area contributed by atoms with E-state index in [0.29, 0.717) is 5.92 Å². The van der Waals surface area contributed by atoms with E-state index < -0.39 is 0 Å². The van der Waals surface area contributed by atoms with Crippen LogP contribution in [0.3, 0.4) is 0 Å². The Balaban J connectivity index is 2.97. The van der Waals surface area contributed by atoms with Crippen LogP contribution in [0, 0.1) is 0 Å². The second kappa shape index (κ2) is 3.81. The Bertz CT molecular complexity index is 232. The van der Waals surface area contributed by atoms with E-state index in [0.717, 1.165) is 10.8 Å². The first-order chi connectivity index (χ1) is 5.69. The van der Waals surface area contributed by atoms with Gasteiger partial charge in [-0.1, -0.05) is 13.8 Å². The molecular formula is C9H14O2S. The lowest BCUT2D eigenvalue weighted by molar-refractivity contribution is 0.364. The van der Waals surface area contributed by atoms with Gasteiger partial charge in [-0.2, -0.15) is 0 Å². The molecule has 0 saturated heterocycles. The van der Waals surface area contributed by atoms with Crippen molar-refractivity contribution >= 4 is 11.3 Å². The highest BCUT2D eigenvalue weighted by Crippen LogP contribution is 2.39. The first-order valence-electron chi connectivity index (χ1n) is 3.90. The van der Waals surface area contributed by atoms with E-state index in [2.05, 4.69) is 13.8 Å². The average molecular weight is 186 g/mol. The SMILES string of the molecule is COc1cc(C(C)C)sc1OC. The van der Waals surface area contributed by atoms with Crippen molar-refractivity contribution in [2.24, 2.45) is 0 Å². The molecule has 0 aliphatic carbocycles. The highest BCUT2D eigenvalue weighted by molar-refractivity contribution is 7.14. The van der Waals surface area contributed by atoms with E-state index in [1.807, 2.05) is 6.07 Å². The van der Waals surface area contributed by atoms with Gasteiger partial charge in [-0.3, -0.25) is 0 Å². The van der Waals surface area contributed by atoms with Gasteiger partial charge in [-0.25, -0.2) is 0 Å². The van der Waals surface area contributed by atoms with Gasteiger partial charge >= 0.3 is 0 Å². The summed E-state index contributed by atoms with van der Waals surface area (Å²) in [6.45, 7) is 4.31. The van der Waals surface area contributed by atoms with Crippen molar-refractivity contribution < 1.29 is 9.47 Å². The monoisotopic (exact) mass is 186 g/mol. The minimum absolute atomic E-state index is 0.535. The third-order valence-corrected chi connectivity index (χ3v) is 3.04. The van der Waals surface area contributed by atoms with Crippen LogP contribution < -0.4 is 9.47 Å². The van der Waals surface area contributed by atoms with E-state index in [1.54, 1.807) is 25.6 Å². The van der Waals surface area contributed by atoms with Crippen molar-refractivity contribution in [1.82, 2.24) is 0 Å². The van der Waals surface area contributed by atoms with Crippen molar-refractivity contribution in [3.8, 4) is 10.8 Å². The number of hydrogen-bond acceptors (Lipinski definition) is 3. The smallest absolute Gasteiger partial charge is 0.216 e. The molecule has 0 saturated carbocycles. The second-order valence-electron chi connectivity index (χ2n) is 2.86. The van der Waals surface area contributed by atoms with E-state index in [-0.39, 0.29) is 0 Å². The molecule has 0 aliphatic rings. The fourth-order valence-corrected chi connectivity index (χ4v) is 1.89. The molecule has 0 aliphatic heterocycles. The maximum absolute atomic E-state index is 5.16. The lowest BCUT2D eigenvalue weighted by Gasteiger charge is -1.97. The molecule has 0 aromatic carbocycles. The highest BCUT2D eigenvalue weighted by Gasteiger charge is 2.11. The summed E-state index contributed by atoms with van der Waals surface area (Å²) in [4.78, 5) is 1.30. The first-order valence-corrected chi connectivity index (χ1v) is 4.72. The second-order valence-corrected chi connectivity index (χ2v) is 3.91. The largest absolute Gasteiger partial charge is 0.492 e. The van der Waals surface area contributed by atoms with Crippen molar-refractivity contribution in [3.05, 3.63) is 10.9 Å². The topological polar surface area (TPSA) is 18.5 Å². The van der Waals surface area contributed by atoms with Crippen molar-refractivity contribution in [2.45, 2.75) is 19.8 Å². The molecular weight excluding hydrogens is 172 g/mol. The van der Waals surface area contributed by atoms with Crippen LogP contribution in [-0.4, -0.2) is 14.2 Å². The van der Waals surface area contributed by atoms with Crippen LogP contribution in [0.25, 0.3) is 0 Å². The summed E-state index contributed by atoms with van der Waals surface area (Å²) in [5.41, 5.74) is 0. The van der Waals surface area contributed by atoms with Gasteiger partial charge in [-0.05, 0) is 12.0 Å². The lowest BCUT2D eigenvalue weighted by Crippen LogP contribution is -1.83. The Morgan fingerprint density at radius 1 is 1.25 bits per heavy atom. The average Bonchev–Trinajstić information content (AvgIpc) is 2.46. The maximum atomic E-state index is 5.16. The predicted molar refractivity (Wildman–Crippen MR) is 51.5 cm³/mol. The van der Waals surface area contributed by atoms with Crippen LogP contribution in [0.4, 0.5) is 0 Å². The van der Waals surface area contributed by atoms with Gasteiger partial charge in [0.25, 0.3) is 0 Å². The van der Waals surface area contributed by atoms with Crippen LogP contribution >= 0.6 is 11.3 Å². The molecule has 1 rings (SSSR count). The van der Waals surface area contributed by atoms with Crippen molar-refractivity contribution in [3.63, 3.8) is 0 Å². The Labute approximate surface area is 77.1 Å². The summed E-state index contributed by atoms with van der Waals surface area (Å²) in [5, 5.41) is 0.862. The van der Waals surface area contributed by atoms with Crippen LogP contribution in [0.1, 0.15) is 24.6 Å². The summed E-state index contributed by atoms with van der Waals surface area (Å²) in [6.07, 6.45) is 0. The summed E-state index contributed by atoms with van der Waals surface area (Å²) >= 11 is 1.64. The number of methoxy groups -OCH3 is 2. The molecule has 3 heteroatoms. The van der Waals surface area contributed by atoms with Crippen LogP contribution in [0.2, 0.25) is 0 Å². The summed E-state index contributed by atoms with van der Waals surface area (Å²) in [6, 6.07) is 2.04. The molecule has 1 heterocycles. The quantitative estimate of drug-likeness (QED) is 0.722. The molecule has 68 valence electrons. The molecule has 2 nitrogen and oxygen atoms in total. The zero-order valence-corrected chi connectivity index (χ0v) is 8.70. The number of hydrogen-bond donors (Lipinski definition) is 0. The van der Waals surface area contributed by atoms with Gasteiger partial charge in [-0.15, -0.1) is 11.3 Å². The molecule has 1 aromatic heterocycles. The zero-order valence-electron chi connectivity index (χ0n) is 7.88. The number of thiophene rings is 1. The van der Waals surface area contributed by atoms with Crippen molar-refractivity contribution in [2.75, 3.05) is 14.2 Å². The summed E-state index contributed by atoms with van der Waals surface area (Å²) < 4.78 is 10.3. The minimum Gasteiger partial charge on any atom is -0.492 e. The first kappa shape index (κ1) is 9.39. The van der Waals surface area contributed by atoms with Gasteiger partial charge in [0, 0.05) is 4.88 Å². The van der Waals surface area contributed by atoms with E-state index in [4.69, 9.17) is 9.47 Å². The molecule has 12 heavy (non-hydrogen) atoms. The Morgan fingerprint density at radius 3 is 2.25 bits per heavy atom. The van der Waals surface area contributed by atoms with Crippen LogP contribution in [0.5, 0.6) is 10.8 Å². The molecule has 0 bridgehead atoms. The standard InChI is InChI=1S/C9H14O2S/c1-6(2)8-5-7(10-3)9(11-4)12-8/h5-6H,1-4H3. The number of ether oxygens (including phenoxy) is 2. The van der Waals surface area contributed by atoms with E-state index in [9.17, 15) is 0 Å². The highest BCUT2D eigenvalue weighted by atomic mass is 32.1.